The Hall–Kier alpha value is -3.94. The molecular formula is C25H22N4O4. The molecule has 3 aromatic heterocycles. The molecule has 0 amide bonds. The van der Waals surface area contributed by atoms with Crippen LogP contribution in [-0.4, -0.2) is 25.4 Å². The number of furan rings is 1. The number of benzene rings is 1. The number of ketones is 1. The van der Waals surface area contributed by atoms with Gasteiger partial charge in [-0.15, -0.1) is 5.10 Å². The lowest BCUT2D eigenvalue weighted by Crippen LogP contribution is -2.33. The summed E-state index contributed by atoms with van der Waals surface area (Å²) < 4.78 is 19.4. The van der Waals surface area contributed by atoms with Crippen molar-refractivity contribution in [2.75, 3.05) is 0 Å². The van der Waals surface area contributed by atoms with Crippen LogP contribution < -0.4 is 9.47 Å². The molecule has 8 nitrogen and oxygen atoms in total. The fraction of sp³-hybridized carbons (Fsp3) is 0.280. The number of aromatic nitrogens is 4. The highest BCUT2D eigenvalue weighted by Crippen LogP contribution is 2.50. The third-order valence-electron chi connectivity index (χ3n) is 6.05. The first-order valence-electron chi connectivity index (χ1n) is 10.9. The van der Waals surface area contributed by atoms with Gasteiger partial charge in [0.15, 0.2) is 17.3 Å². The molecule has 0 bridgehead atoms. The van der Waals surface area contributed by atoms with E-state index in [0.29, 0.717) is 52.8 Å². The van der Waals surface area contributed by atoms with Gasteiger partial charge < -0.3 is 13.9 Å². The molecule has 0 fully saturated rings. The third kappa shape index (κ3) is 3.38. The summed E-state index contributed by atoms with van der Waals surface area (Å²) in [6, 6.07) is 13.2. The lowest BCUT2D eigenvalue weighted by atomic mass is 9.71. The molecule has 6 rings (SSSR count). The number of para-hydroxylation sites is 1. The van der Waals surface area contributed by atoms with E-state index in [-0.39, 0.29) is 17.8 Å². The smallest absolute Gasteiger partial charge is 0.228 e. The van der Waals surface area contributed by atoms with E-state index < -0.39 is 5.92 Å². The van der Waals surface area contributed by atoms with Gasteiger partial charge in [-0.05, 0) is 29.7 Å². The number of hydrogen-bond acceptors (Lipinski definition) is 7. The van der Waals surface area contributed by atoms with Gasteiger partial charge in [-0.1, -0.05) is 32.0 Å². The molecule has 1 aromatic carbocycles. The third-order valence-corrected chi connectivity index (χ3v) is 6.05. The van der Waals surface area contributed by atoms with Gasteiger partial charge in [0.25, 0.3) is 0 Å². The zero-order valence-electron chi connectivity index (χ0n) is 18.3. The number of Topliss-reactive ketones (excluding diaryl/α,β-unsaturated/α-hetero) is 1. The van der Waals surface area contributed by atoms with Crippen LogP contribution in [0.2, 0.25) is 0 Å². The van der Waals surface area contributed by atoms with Gasteiger partial charge in [-0.2, -0.15) is 0 Å². The standard InChI is InChI=1S/C25H22N4O4/c1-25(2)11-16(30)20-18(12-25)33-24-22(21(20)17-9-6-10-31-17)23-27-19(28-29(23)14-26-24)13-32-15-7-4-3-5-8-15/h3-10,14,21H,11-13H2,1-2H3/t21-/m0/s1. The van der Waals surface area contributed by atoms with Gasteiger partial charge in [-0.25, -0.2) is 14.5 Å². The van der Waals surface area contributed by atoms with Crippen LogP contribution in [0.4, 0.5) is 0 Å². The van der Waals surface area contributed by atoms with Gasteiger partial charge >= 0.3 is 0 Å². The van der Waals surface area contributed by atoms with E-state index in [9.17, 15) is 4.79 Å². The van der Waals surface area contributed by atoms with Crippen molar-refractivity contribution in [2.24, 2.45) is 5.41 Å². The summed E-state index contributed by atoms with van der Waals surface area (Å²) >= 11 is 0. The van der Waals surface area contributed by atoms with Crippen LogP contribution in [-0.2, 0) is 11.4 Å². The highest BCUT2D eigenvalue weighted by atomic mass is 16.5. The minimum absolute atomic E-state index is 0.0578. The molecule has 166 valence electrons. The molecule has 0 radical (unpaired) electrons. The van der Waals surface area contributed by atoms with Crippen molar-refractivity contribution in [1.29, 1.82) is 0 Å². The minimum Gasteiger partial charge on any atom is -0.486 e. The van der Waals surface area contributed by atoms with Crippen molar-refractivity contribution in [3.63, 3.8) is 0 Å². The fourth-order valence-corrected chi connectivity index (χ4v) is 4.66. The van der Waals surface area contributed by atoms with E-state index in [1.54, 1.807) is 17.1 Å². The highest BCUT2D eigenvalue weighted by Gasteiger charge is 2.44. The van der Waals surface area contributed by atoms with E-state index in [0.717, 1.165) is 5.75 Å². The van der Waals surface area contributed by atoms with Crippen molar-refractivity contribution < 1.29 is 18.7 Å². The number of ether oxygens (including phenoxy) is 2. The first kappa shape index (κ1) is 19.7. The maximum absolute atomic E-state index is 13.3. The molecule has 4 aromatic rings. The summed E-state index contributed by atoms with van der Waals surface area (Å²) in [6.07, 6.45) is 4.29. The number of carbonyl (C=O) groups excluding carboxylic acids is 1. The van der Waals surface area contributed by atoms with Gasteiger partial charge in [0, 0.05) is 18.4 Å². The summed E-state index contributed by atoms with van der Waals surface area (Å²) in [5.41, 5.74) is 1.69. The Labute approximate surface area is 189 Å². The fourth-order valence-electron chi connectivity index (χ4n) is 4.66. The first-order valence-corrected chi connectivity index (χ1v) is 10.9. The molecule has 0 saturated carbocycles. The van der Waals surface area contributed by atoms with Crippen LogP contribution in [0.3, 0.4) is 0 Å². The van der Waals surface area contributed by atoms with Crippen molar-refractivity contribution in [1.82, 2.24) is 19.6 Å². The predicted molar refractivity (Wildman–Crippen MR) is 118 cm³/mol. The molecule has 0 unspecified atom stereocenters. The van der Waals surface area contributed by atoms with E-state index in [4.69, 9.17) is 18.9 Å². The second-order valence-corrected chi connectivity index (χ2v) is 9.19. The average Bonchev–Trinajstić information content (AvgIpc) is 3.46. The van der Waals surface area contributed by atoms with Crippen LogP contribution in [0, 0.1) is 5.41 Å². The normalized spacial score (nSPS) is 19.2. The zero-order chi connectivity index (χ0) is 22.6. The van der Waals surface area contributed by atoms with Crippen LogP contribution in [0.25, 0.3) is 5.65 Å². The molecule has 1 aliphatic heterocycles. The highest BCUT2D eigenvalue weighted by molar-refractivity contribution is 6.00. The minimum atomic E-state index is -0.453. The second-order valence-electron chi connectivity index (χ2n) is 9.19. The van der Waals surface area contributed by atoms with Crippen molar-refractivity contribution in [2.45, 2.75) is 39.2 Å². The number of carbonyl (C=O) groups is 1. The van der Waals surface area contributed by atoms with E-state index >= 15 is 0 Å². The quantitative estimate of drug-likeness (QED) is 0.461. The van der Waals surface area contributed by atoms with Crippen LogP contribution >= 0.6 is 0 Å². The topological polar surface area (TPSA) is 91.8 Å². The molecule has 1 atom stereocenters. The van der Waals surface area contributed by atoms with E-state index in [2.05, 4.69) is 23.9 Å². The second kappa shape index (κ2) is 7.30. The van der Waals surface area contributed by atoms with Crippen LogP contribution in [0.5, 0.6) is 11.6 Å². The Morgan fingerprint density at radius 2 is 2.00 bits per heavy atom. The summed E-state index contributed by atoms with van der Waals surface area (Å²) in [5.74, 6) is 2.58. The van der Waals surface area contributed by atoms with Gasteiger partial charge in [0.05, 0.1) is 17.7 Å². The molecule has 2 aliphatic rings. The number of allylic oxidation sites excluding steroid dienone is 2. The number of hydrogen-bond donors (Lipinski definition) is 0. The summed E-state index contributed by atoms with van der Waals surface area (Å²) in [4.78, 5) is 22.5. The lowest BCUT2D eigenvalue weighted by Gasteiger charge is -2.36. The Kier molecular flexibility index (Phi) is 4.36. The summed E-state index contributed by atoms with van der Waals surface area (Å²) in [6.45, 7) is 4.35. The molecule has 8 heteroatoms. The molecular weight excluding hydrogens is 420 g/mol. The molecule has 1 aliphatic carbocycles. The predicted octanol–water partition coefficient (Wildman–Crippen LogP) is 4.46. The monoisotopic (exact) mass is 442 g/mol. The maximum Gasteiger partial charge on any atom is 0.228 e. The molecule has 4 heterocycles. The number of rotatable bonds is 4. The maximum atomic E-state index is 13.3. The average molecular weight is 442 g/mol. The number of nitrogens with zero attached hydrogens (tertiary/aromatic N) is 4. The largest absolute Gasteiger partial charge is 0.486 e. The Balaban J connectivity index is 1.46. The summed E-state index contributed by atoms with van der Waals surface area (Å²) in [5, 5.41) is 4.53. The SMILES string of the molecule is CC1(C)CC(=O)C2=C(C1)Oc1ncn3nc(COc4ccccc4)nc3c1[C@H]2c1ccco1. The molecule has 0 spiro atoms. The molecule has 0 N–H and O–H groups in total. The zero-order valence-corrected chi connectivity index (χ0v) is 18.3. The molecule has 0 saturated heterocycles. The molecule has 33 heavy (non-hydrogen) atoms. The van der Waals surface area contributed by atoms with Crippen LogP contribution in [0.1, 0.15) is 49.8 Å². The van der Waals surface area contributed by atoms with Gasteiger partial charge in [0.2, 0.25) is 5.88 Å². The van der Waals surface area contributed by atoms with Gasteiger partial charge in [0.1, 0.15) is 30.2 Å². The lowest BCUT2D eigenvalue weighted by molar-refractivity contribution is -0.118. The van der Waals surface area contributed by atoms with Crippen molar-refractivity contribution in [3.8, 4) is 11.6 Å². The Morgan fingerprint density at radius 1 is 1.15 bits per heavy atom. The van der Waals surface area contributed by atoms with Crippen molar-refractivity contribution in [3.05, 3.63) is 83.5 Å². The van der Waals surface area contributed by atoms with Crippen molar-refractivity contribution >= 4 is 11.4 Å². The Bertz CT molecular complexity index is 1390. The first-order chi connectivity index (χ1) is 16.0. The van der Waals surface area contributed by atoms with Gasteiger partial charge in [-0.3, -0.25) is 4.79 Å². The number of fused-ring (bicyclic) bond motifs is 3. The van der Waals surface area contributed by atoms with Crippen LogP contribution in [0.15, 0.2) is 70.8 Å². The Morgan fingerprint density at radius 3 is 2.79 bits per heavy atom. The van der Waals surface area contributed by atoms with E-state index in [1.807, 2.05) is 42.5 Å². The summed E-state index contributed by atoms with van der Waals surface area (Å²) in [7, 11) is 0. The van der Waals surface area contributed by atoms with E-state index in [1.165, 1.54) is 0 Å².